The van der Waals surface area contributed by atoms with E-state index in [9.17, 15) is 9.59 Å². The van der Waals surface area contributed by atoms with Crippen molar-refractivity contribution in [1.29, 1.82) is 0 Å². The van der Waals surface area contributed by atoms with E-state index in [0.717, 1.165) is 10.7 Å². The Kier molecular flexibility index (Phi) is 3.49. The van der Waals surface area contributed by atoms with Crippen LogP contribution < -0.4 is 10.9 Å². The number of aromatic amines is 1. The number of aryl methyl sites for hydroxylation is 1. The van der Waals surface area contributed by atoms with Gasteiger partial charge in [0.2, 0.25) is 0 Å². The molecule has 0 fully saturated rings. The summed E-state index contributed by atoms with van der Waals surface area (Å²) < 4.78 is 0. The van der Waals surface area contributed by atoms with E-state index in [1.165, 1.54) is 11.3 Å². The van der Waals surface area contributed by atoms with Crippen molar-refractivity contribution in [2.75, 3.05) is 0 Å². The molecule has 3 rings (SSSR count). The quantitative estimate of drug-likeness (QED) is 0.769. The van der Waals surface area contributed by atoms with Gasteiger partial charge in [0.05, 0.1) is 28.3 Å². The number of benzene rings is 1. The van der Waals surface area contributed by atoms with Crippen molar-refractivity contribution >= 4 is 28.3 Å². The van der Waals surface area contributed by atoms with Gasteiger partial charge in [-0.05, 0) is 19.1 Å². The molecule has 0 saturated heterocycles. The first-order valence-corrected chi connectivity index (χ1v) is 7.20. The van der Waals surface area contributed by atoms with Crippen LogP contribution in [0.15, 0.2) is 34.4 Å². The Morgan fingerprint density at radius 3 is 2.90 bits per heavy atom. The molecule has 0 spiro atoms. The second-order valence-electron chi connectivity index (χ2n) is 4.47. The number of aromatic nitrogens is 3. The summed E-state index contributed by atoms with van der Waals surface area (Å²) in [6.07, 6.45) is 0. The van der Waals surface area contributed by atoms with Gasteiger partial charge in [0.1, 0.15) is 0 Å². The van der Waals surface area contributed by atoms with Gasteiger partial charge >= 0.3 is 0 Å². The highest BCUT2D eigenvalue weighted by Crippen LogP contribution is 2.08. The van der Waals surface area contributed by atoms with Gasteiger partial charge in [-0.25, -0.2) is 9.97 Å². The fraction of sp³-hybridized carbons (Fsp3) is 0.143. The molecule has 2 aromatic heterocycles. The van der Waals surface area contributed by atoms with Crippen LogP contribution in [0.4, 0.5) is 0 Å². The van der Waals surface area contributed by atoms with E-state index in [2.05, 4.69) is 20.3 Å². The van der Waals surface area contributed by atoms with E-state index in [0.29, 0.717) is 11.0 Å². The number of rotatable bonds is 3. The lowest BCUT2D eigenvalue weighted by Gasteiger charge is -2.03. The highest BCUT2D eigenvalue weighted by molar-refractivity contribution is 7.09. The first-order chi connectivity index (χ1) is 10.1. The molecule has 0 unspecified atom stereocenters. The summed E-state index contributed by atoms with van der Waals surface area (Å²) in [5.74, 6) is -0.507. The lowest BCUT2D eigenvalue weighted by atomic mass is 10.3. The Hall–Kier alpha value is -2.54. The van der Waals surface area contributed by atoms with E-state index in [1.54, 1.807) is 24.3 Å². The average Bonchev–Trinajstić information content (AvgIpc) is 2.89. The smallest absolute Gasteiger partial charge is 0.280 e. The molecule has 106 valence electrons. The summed E-state index contributed by atoms with van der Waals surface area (Å²) in [6.45, 7) is 2.17. The third kappa shape index (κ3) is 2.82. The monoisotopic (exact) mass is 300 g/mol. The maximum atomic E-state index is 12.1. The van der Waals surface area contributed by atoms with Gasteiger partial charge in [0.15, 0.2) is 5.69 Å². The SMILES string of the molecule is Cc1nc(CNC(=O)c2nc3ccccc3[nH]c2=O)cs1. The van der Waals surface area contributed by atoms with E-state index in [1.807, 2.05) is 12.3 Å². The average molecular weight is 300 g/mol. The lowest BCUT2D eigenvalue weighted by molar-refractivity contribution is 0.0944. The molecule has 7 heteroatoms. The van der Waals surface area contributed by atoms with E-state index in [-0.39, 0.29) is 12.2 Å². The number of carbonyl (C=O) groups excluding carboxylic acids is 1. The van der Waals surface area contributed by atoms with Crippen LogP contribution in [0.2, 0.25) is 0 Å². The van der Waals surface area contributed by atoms with Gasteiger partial charge in [-0.15, -0.1) is 11.3 Å². The number of fused-ring (bicyclic) bond motifs is 1. The molecule has 2 N–H and O–H groups in total. The van der Waals surface area contributed by atoms with Crippen LogP contribution in [0.1, 0.15) is 21.2 Å². The molecule has 2 heterocycles. The molecule has 6 nitrogen and oxygen atoms in total. The van der Waals surface area contributed by atoms with Crippen LogP contribution in [0.3, 0.4) is 0 Å². The van der Waals surface area contributed by atoms with Gasteiger partial charge in [-0.2, -0.15) is 0 Å². The van der Waals surface area contributed by atoms with Crippen molar-refractivity contribution in [2.45, 2.75) is 13.5 Å². The van der Waals surface area contributed by atoms with E-state index in [4.69, 9.17) is 0 Å². The molecule has 21 heavy (non-hydrogen) atoms. The highest BCUT2D eigenvalue weighted by atomic mass is 32.1. The highest BCUT2D eigenvalue weighted by Gasteiger charge is 2.13. The molecule has 1 amide bonds. The molecule has 1 aromatic carbocycles. The summed E-state index contributed by atoms with van der Waals surface area (Å²) in [4.78, 5) is 35.0. The van der Waals surface area contributed by atoms with Gasteiger partial charge < -0.3 is 10.3 Å². The number of amides is 1. The number of nitrogens with zero attached hydrogens (tertiary/aromatic N) is 2. The van der Waals surface area contributed by atoms with Crippen LogP contribution in [-0.2, 0) is 6.54 Å². The van der Waals surface area contributed by atoms with Gasteiger partial charge in [-0.3, -0.25) is 9.59 Å². The second kappa shape index (κ2) is 5.45. The Bertz CT molecular complexity index is 869. The van der Waals surface area contributed by atoms with Crippen molar-refractivity contribution in [1.82, 2.24) is 20.3 Å². The number of thiazole rings is 1. The Balaban J connectivity index is 1.84. The topological polar surface area (TPSA) is 87.7 Å². The van der Waals surface area contributed by atoms with Crippen LogP contribution in [-0.4, -0.2) is 20.9 Å². The first-order valence-electron chi connectivity index (χ1n) is 6.32. The Morgan fingerprint density at radius 2 is 2.14 bits per heavy atom. The lowest BCUT2D eigenvalue weighted by Crippen LogP contribution is -2.30. The molecule has 0 bridgehead atoms. The molecular formula is C14H12N4O2S. The number of carbonyl (C=O) groups is 1. The molecule has 3 aromatic rings. The number of para-hydroxylation sites is 2. The fourth-order valence-corrected chi connectivity index (χ4v) is 2.54. The third-order valence-corrected chi connectivity index (χ3v) is 3.73. The van der Waals surface area contributed by atoms with Crippen molar-refractivity contribution in [3.8, 4) is 0 Å². The first kappa shape index (κ1) is 13.4. The summed E-state index contributed by atoms with van der Waals surface area (Å²) in [5.41, 5.74) is 1.31. The summed E-state index contributed by atoms with van der Waals surface area (Å²) >= 11 is 1.51. The summed E-state index contributed by atoms with van der Waals surface area (Å²) in [5, 5.41) is 5.46. The number of hydrogen-bond acceptors (Lipinski definition) is 5. The maximum absolute atomic E-state index is 12.1. The van der Waals surface area contributed by atoms with Crippen molar-refractivity contribution in [3.63, 3.8) is 0 Å². The number of H-pyrrole nitrogens is 1. The minimum atomic E-state index is -0.507. The Morgan fingerprint density at radius 1 is 1.33 bits per heavy atom. The standard InChI is InChI=1S/C14H12N4O2S/c1-8-16-9(7-21-8)6-15-13(19)12-14(20)18-11-5-3-2-4-10(11)17-12/h2-5,7H,6H2,1H3,(H,15,19)(H,18,20). The van der Waals surface area contributed by atoms with E-state index >= 15 is 0 Å². The number of hydrogen-bond donors (Lipinski definition) is 2. The summed E-state index contributed by atoms with van der Waals surface area (Å²) in [7, 11) is 0. The molecule has 0 atom stereocenters. The van der Waals surface area contributed by atoms with Crippen LogP contribution in [0.5, 0.6) is 0 Å². The maximum Gasteiger partial charge on any atom is 0.280 e. The van der Waals surface area contributed by atoms with Gasteiger partial charge in [0, 0.05) is 5.38 Å². The predicted octanol–water partition coefficient (Wildman–Crippen LogP) is 1.62. The number of nitrogens with one attached hydrogen (secondary N) is 2. The normalized spacial score (nSPS) is 10.7. The second-order valence-corrected chi connectivity index (χ2v) is 5.53. The molecular weight excluding hydrogens is 288 g/mol. The van der Waals surface area contributed by atoms with Crippen LogP contribution in [0, 0.1) is 6.92 Å². The van der Waals surface area contributed by atoms with Crippen molar-refractivity contribution < 1.29 is 4.79 Å². The Labute approximate surface area is 123 Å². The van der Waals surface area contributed by atoms with Crippen LogP contribution in [0.25, 0.3) is 11.0 Å². The molecule has 0 radical (unpaired) electrons. The van der Waals surface area contributed by atoms with Crippen molar-refractivity contribution in [2.24, 2.45) is 0 Å². The van der Waals surface area contributed by atoms with Crippen molar-refractivity contribution in [3.05, 3.63) is 56.4 Å². The fourth-order valence-electron chi connectivity index (χ4n) is 1.93. The zero-order chi connectivity index (χ0) is 14.8. The molecule has 0 aliphatic carbocycles. The zero-order valence-corrected chi connectivity index (χ0v) is 12.0. The minimum Gasteiger partial charge on any atom is -0.345 e. The predicted molar refractivity (Wildman–Crippen MR) is 80.4 cm³/mol. The van der Waals surface area contributed by atoms with Gasteiger partial charge in [0.25, 0.3) is 11.5 Å². The largest absolute Gasteiger partial charge is 0.345 e. The minimum absolute atomic E-state index is 0.138. The zero-order valence-electron chi connectivity index (χ0n) is 11.2. The van der Waals surface area contributed by atoms with Gasteiger partial charge in [-0.1, -0.05) is 12.1 Å². The van der Waals surface area contributed by atoms with Crippen LogP contribution >= 0.6 is 11.3 Å². The molecule has 0 aliphatic rings. The molecule has 0 saturated carbocycles. The summed E-state index contributed by atoms with van der Waals surface area (Å²) in [6, 6.07) is 7.08. The van der Waals surface area contributed by atoms with E-state index < -0.39 is 11.5 Å². The third-order valence-electron chi connectivity index (χ3n) is 2.91. The molecule has 0 aliphatic heterocycles.